The molecule has 3 heteroatoms. The van der Waals surface area contributed by atoms with Crippen molar-refractivity contribution < 1.29 is 9.84 Å². The van der Waals surface area contributed by atoms with E-state index < -0.39 is 6.10 Å². The molecule has 1 fully saturated rings. The molecule has 1 saturated carbocycles. The van der Waals surface area contributed by atoms with E-state index in [1.165, 1.54) is 6.42 Å². The first-order valence-electron chi connectivity index (χ1n) is 7.10. The quantitative estimate of drug-likeness (QED) is 0.878. The highest BCUT2D eigenvalue weighted by molar-refractivity contribution is 6.30. The van der Waals surface area contributed by atoms with Crippen LogP contribution in [0.4, 0.5) is 0 Å². The van der Waals surface area contributed by atoms with Crippen LogP contribution in [0, 0.1) is 11.8 Å². The minimum Gasteiger partial charge on any atom is -0.490 e. The van der Waals surface area contributed by atoms with Crippen molar-refractivity contribution >= 4 is 11.6 Å². The number of ether oxygens (including phenoxy) is 1. The van der Waals surface area contributed by atoms with Crippen molar-refractivity contribution in [2.45, 2.75) is 52.2 Å². The van der Waals surface area contributed by atoms with Crippen LogP contribution in [0.3, 0.4) is 0 Å². The summed E-state index contributed by atoms with van der Waals surface area (Å²) in [6, 6.07) is 5.48. The lowest BCUT2D eigenvalue weighted by Crippen LogP contribution is -2.28. The minimum absolute atomic E-state index is 0.248. The van der Waals surface area contributed by atoms with Crippen LogP contribution < -0.4 is 4.74 Å². The summed E-state index contributed by atoms with van der Waals surface area (Å²) in [6.45, 7) is 6.30. The monoisotopic (exact) mass is 282 g/mol. The van der Waals surface area contributed by atoms with Crippen molar-refractivity contribution in [3.05, 3.63) is 28.8 Å². The number of benzene rings is 1. The molecule has 0 amide bonds. The van der Waals surface area contributed by atoms with E-state index in [9.17, 15) is 5.11 Å². The van der Waals surface area contributed by atoms with Crippen LogP contribution in [-0.2, 0) is 0 Å². The van der Waals surface area contributed by atoms with Gasteiger partial charge in [-0.15, -0.1) is 0 Å². The fraction of sp³-hybridized carbons (Fsp3) is 0.625. The summed E-state index contributed by atoms with van der Waals surface area (Å²) in [7, 11) is 0. The Morgan fingerprint density at radius 1 is 1.21 bits per heavy atom. The molecule has 0 spiro atoms. The lowest BCUT2D eigenvalue weighted by atomic mass is 9.82. The molecule has 2 rings (SSSR count). The Labute approximate surface area is 120 Å². The first-order chi connectivity index (χ1) is 8.95. The zero-order valence-corrected chi connectivity index (χ0v) is 12.7. The van der Waals surface area contributed by atoms with Crippen LogP contribution in [0.1, 0.15) is 51.7 Å². The van der Waals surface area contributed by atoms with Gasteiger partial charge < -0.3 is 9.84 Å². The van der Waals surface area contributed by atoms with Crippen molar-refractivity contribution in [2.24, 2.45) is 11.8 Å². The fourth-order valence-corrected chi connectivity index (χ4v) is 3.28. The largest absolute Gasteiger partial charge is 0.490 e. The molecular formula is C16H23ClO2. The maximum atomic E-state index is 9.82. The van der Waals surface area contributed by atoms with Gasteiger partial charge >= 0.3 is 0 Å². The molecule has 3 atom stereocenters. The molecule has 19 heavy (non-hydrogen) atoms. The second-order valence-electron chi connectivity index (χ2n) is 6.02. The standard InChI is InChI=1S/C16H23ClO2/c1-10-6-11(2)8-14(7-10)19-16-5-4-13(17)9-15(16)12(3)18/h4-5,9-12,14,18H,6-8H2,1-3H3/t10?,11?,12-,14?/m0/s1. The lowest BCUT2D eigenvalue weighted by Gasteiger charge is -2.32. The van der Waals surface area contributed by atoms with Gasteiger partial charge in [0.25, 0.3) is 0 Å². The molecule has 0 heterocycles. The van der Waals surface area contributed by atoms with Crippen LogP contribution in [0.2, 0.25) is 5.02 Å². The van der Waals surface area contributed by atoms with E-state index in [1.54, 1.807) is 13.0 Å². The Hall–Kier alpha value is -0.730. The van der Waals surface area contributed by atoms with Gasteiger partial charge in [0.2, 0.25) is 0 Å². The van der Waals surface area contributed by atoms with Gasteiger partial charge in [-0.05, 0) is 56.2 Å². The van der Waals surface area contributed by atoms with Crippen LogP contribution in [0.25, 0.3) is 0 Å². The van der Waals surface area contributed by atoms with Gasteiger partial charge in [-0.3, -0.25) is 0 Å². The predicted octanol–water partition coefficient (Wildman–Crippen LogP) is 4.60. The SMILES string of the molecule is CC1CC(C)CC(Oc2ccc(Cl)cc2[C@H](C)O)C1. The number of rotatable bonds is 3. The van der Waals surface area contributed by atoms with Crippen LogP contribution in [0.15, 0.2) is 18.2 Å². The number of aliphatic hydroxyl groups excluding tert-OH is 1. The maximum Gasteiger partial charge on any atom is 0.125 e. The Kier molecular flexibility index (Phi) is 4.75. The highest BCUT2D eigenvalue weighted by atomic mass is 35.5. The first kappa shape index (κ1) is 14.7. The molecule has 1 aliphatic carbocycles. The van der Waals surface area contributed by atoms with Gasteiger partial charge in [0.15, 0.2) is 0 Å². The Balaban J connectivity index is 2.14. The average Bonchev–Trinajstić information content (AvgIpc) is 2.30. The van der Waals surface area contributed by atoms with Crippen molar-refractivity contribution in [2.75, 3.05) is 0 Å². The van der Waals surface area contributed by atoms with Crippen molar-refractivity contribution in [3.8, 4) is 5.75 Å². The van der Waals surface area contributed by atoms with Crippen molar-refractivity contribution in [1.82, 2.24) is 0 Å². The number of halogens is 1. The average molecular weight is 283 g/mol. The molecule has 0 saturated heterocycles. The molecule has 1 aromatic rings. The third-order valence-electron chi connectivity index (χ3n) is 3.85. The molecule has 106 valence electrons. The topological polar surface area (TPSA) is 29.5 Å². The third-order valence-corrected chi connectivity index (χ3v) is 4.09. The summed E-state index contributed by atoms with van der Waals surface area (Å²) in [4.78, 5) is 0. The van der Waals surface area contributed by atoms with Gasteiger partial charge in [-0.2, -0.15) is 0 Å². The molecule has 2 unspecified atom stereocenters. The second-order valence-corrected chi connectivity index (χ2v) is 6.45. The van der Waals surface area contributed by atoms with E-state index in [4.69, 9.17) is 16.3 Å². The Bertz CT molecular complexity index is 421. The zero-order valence-electron chi connectivity index (χ0n) is 11.9. The molecule has 0 aromatic heterocycles. The highest BCUT2D eigenvalue weighted by Gasteiger charge is 2.26. The molecule has 0 aliphatic heterocycles. The van der Waals surface area contributed by atoms with Gasteiger partial charge in [-0.1, -0.05) is 25.4 Å². The van der Waals surface area contributed by atoms with Crippen LogP contribution in [-0.4, -0.2) is 11.2 Å². The number of hydrogen-bond acceptors (Lipinski definition) is 2. The second kappa shape index (κ2) is 6.15. The maximum absolute atomic E-state index is 9.82. The third kappa shape index (κ3) is 3.87. The van der Waals surface area contributed by atoms with Gasteiger partial charge in [0.1, 0.15) is 5.75 Å². The molecule has 0 radical (unpaired) electrons. The Morgan fingerprint density at radius 2 is 1.84 bits per heavy atom. The van der Waals surface area contributed by atoms with Gasteiger partial charge in [-0.25, -0.2) is 0 Å². The van der Waals surface area contributed by atoms with E-state index in [0.29, 0.717) is 16.9 Å². The Morgan fingerprint density at radius 3 is 2.42 bits per heavy atom. The van der Waals surface area contributed by atoms with Crippen molar-refractivity contribution in [1.29, 1.82) is 0 Å². The molecule has 2 nitrogen and oxygen atoms in total. The molecular weight excluding hydrogens is 260 g/mol. The summed E-state index contributed by atoms with van der Waals surface area (Å²) in [5.74, 6) is 2.18. The lowest BCUT2D eigenvalue weighted by molar-refractivity contribution is 0.0960. The van der Waals surface area contributed by atoms with E-state index in [1.807, 2.05) is 12.1 Å². The number of hydrogen-bond donors (Lipinski definition) is 1. The van der Waals surface area contributed by atoms with E-state index in [-0.39, 0.29) is 6.10 Å². The van der Waals surface area contributed by atoms with E-state index in [2.05, 4.69) is 13.8 Å². The van der Waals surface area contributed by atoms with Gasteiger partial charge in [0.05, 0.1) is 12.2 Å². The fourth-order valence-electron chi connectivity index (χ4n) is 3.10. The summed E-state index contributed by atoms with van der Waals surface area (Å²) >= 11 is 5.98. The molecule has 0 bridgehead atoms. The first-order valence-corrected chi connectivity index (χ1v) is 7.47. The normalized spacial score (nSPS) is 29.0. The van der Waals surface area contributed by atoms with Crippen LogP contribution in [0.5, 0.6) is 5.75 Å². The molecule has 1 aromatic carbocycles. The zero-order chi connectivity index (χ0) is 14.0. The summed E-state index contributed by atoms with van der Waals surface area (Å²) < 4.78 is 6.12. The summed E-state index contributed by atoms with van der Waals surface area (Å²) in [5, 5.41) is 10.5. The summed E-state index contributed by atoms with van der Waals surface area (Å²) in [6.07, 6.45) is 3.15. The van der Waals surface area contributed by atoms with Crippen LogP contribution >= 0.6 is 11.6 Å². The van der Waals surface area contributed by atoms with E-state index >= 15 is 0 Å². The predicted molar refractivity (Wildman–Crippen MR) is 78.7 cm³/mol. The molecule has 1 N–H and O–H groups in total. The van der Waals surface area contributed by atoms with Crippen molar-refractivity contribution in [3.63, 3.8) is 0 Å². The smallest absolute Gasteiger partial charge is 0.125 e. The summed E-state index contributed by atoms with van der Waals surface area (Å²) in [5.41, 5.74) is 0.776. The molecule has 1 aliphatic rings. The minimum atomic E-state index is -0.563. The number of aliphatic hydroxyl groups is 1. The van der Waals surface area contributed by atoms with E-state index in [0.717, 1.165) is 24.2 Å². The highest BCUT2D eigenvalue weighted by Crippen LogP contribution is 2.34. The van der Waals surface area contributed by atoms with Gasteiger partial charge in [0, 0.05) is 10.6 Å².